The average molecular weight is 298 g/mol. The summed E-state index contributed by atoms with van der Waals surface area (Å²) in [5.41, 5.74) is 9.03. The van der Waals surface area contributed by atoms with Crippen LogP contribution in [0.15, 0.2) is 24.3 Å². The number of rotatable bonds is 6. The highest BCUT2D eigenvalue weighted by Gasteiger charge is 2.19. The Morgan fingerprint density at radius 3 is 2.73 bits per heavy atom. The molecular weight excluding hydrogens is 276 g/mol. The lowest BCUT2D eigenvalue weighted by Crippen LogP contribution is -2.12. The standard InChI is InChI=1S/C17H22N4O/c1-22-13-8-6-12(7-9-13)16-20-15-5-2-4-14(15)17(21-16)19-11-3-10-18/h6-9H,2-5,10-11,18H2,1H3,(H,19,20,21). The molecule has 5 heteroatoms. The zero-order valence-electron chi connectivity index (χ0n) is 12.9. The Morgan fingerprint density at radius 2 is 2.00 bits per heavy atom. The van der Waals surface area contributed by atoms with E-state index in [4.69, 9.17) is 20.4 Å². The Labute approximate surface area is 130 Å². The first-order valence-electron chi connectivity index (χ1n) is 7.80. The molecule has 1 heterocycles. The molecule has 3 rings (SSSR count). The van der Waals surface area contributed by atoms with Gasteiger partial charge in [0.05, 0.1) is 7.11 Å². The minimum atomic E-state index is 0.686. The molecule has 1 aliphatic rings. The van der Waals surface area contributed by atoms with Crippen molar-refractivity contribution in [3.63, 3.8) is 0 Å². The van der Waals surface area contributed by atoms with Gasteiger partial charge in [-0.2, -0.15) is 0 Å². The van der Waals surface area contributed by atoms with E-state index in [1.54, 1.807) is 7.11 Å². The Kier molecular flexibility index (Phi) is 4.53. The molecule has 1 aromatic carbocycles. The summed E-state index contributed by atoms with van der Waals surface area (Å²) in [4.78, 5) is 9.49. The summed E-state index contributed by atoms with van der Waals surface area (Å²) >= 11 is 0. The zero-order valence-corrected chi connectivity index (χ0v) is 12.9. The maximum absolute atomic E-state index is 5.57. The van der Waals surface area contributed by atoms with Gasteiger partial charge < -0.3 is 15.8 Å². The molecule has 0 spiro atoms. The lowest BCUT2D eigenvalue weighted by Gasteiger charge is -2.12. The van der Waals surface area contributed by atoms with Crippen LogP contribution in [0.5, 0.6) is 5.75 Å². The van der Waals surface area contributed by atoms with E-state index in [1.807, 2.05) is 24.3 Å². The molecule has 0 unspecified atom stereocenters. The van der Waals surface area contributed by atoms with Gasteiger partial charge in [-0.3, -0.25) is 0 Å². The summed E-state index contributed by atoms with van der Waals surface area (Å²) in [7, 11) is 1.67. The average Bonchev–Trinajstić information content (AvgIpc) is 3.04. The minimum absolute atomic E-state index is 0.686. The molecule has 2 aromatic rings. The second-order valence-corrected chi connectivity index (χ2v) is 5.47. The summed E-state index contributed by atoms with van der Waals surface area (Å²) in [6.45, 7) is 1.54. The molecule has 1 aromatic heterocycles. The van der Waals surface area contributed by atoms with Gasteiger partial charge in [-0.25, -0.2) is 9.97 Å². The molecular formula is C17H22N4O. The van der Waals surface area contributed by atoms with E-state index in [2.05, 4.69) is 5.32 Å². The SMILES string of the molecule is COc1ccc(-c2nc3c(c(NCCCN)n2)CCC3)cc1. The molecule has 0 saturated carbocycles. The fraction of sp³-hybridized carbons (Fsp3) is 0.412. The van der Waals surface area contributed by atoms with Gasteiger partial charge in [-0.15, -0.1) is 0 Å². The van der Waals surface area contributed by atoms with Gasteiger partial charge in [0, 0.05) is 23.4 Å². The number of nitrogens with zero attached hydrogens (tertiary/aromatic N) is 2. The first kappa shape index (κ1) is 14.8. The first-order chi connectivity index (χ1) is 10.8. The molecule has 0 saturated heterocycles. The second kappa shape index (κ2) is 6.75. The smallest absolute Gasteiger partial charge is 0.161 e. The van der Waals surface area contributed by atoms with Crippen LogP contribution < -0.4 is 15.8 Å². The summed E-state index contributed by atoms with van der Waals surface area (Å²) in [5.74, 6) is 2.59. The molecule has 0 radical (unpaired) electrons. The van der Waals surface area contributed by atoms with Crippen LogP contribution in [-0.2, 0) is 12.8 Å². The number of nitrogens with one attached hydrogen (secondary N) is 1. The fourth-order valence-corrected chi connectivity index (χ4v) is 2.76. The number of fused-ring (bicyclic) bond motifs is 1. The molecule has 22 heavy (non-hydrogen) atoms. The van der Waals surface area contributed by atoms with E-state index in [9.17, 15) is 0 Å². The van der Waals surface area contributed by atoms with E-state index in [-0.39, 0.29) is 0 Å². The van der Waals surface area contributed by atoms with E-state index in [0.717, 1.165) is 55.2 Å². The van der Waals surface area contributed by atoms with Crippen molar-refractivity contribution in [2.24, 2.45) is 5.73 Å². The van der Waals surface area contributed by atoms with Crippen molar-refractivity contribution in [3.8, 4) is 17.1 Å². The summed E-state index contributed by atoms with van der Waals surface area (Å²) in [6, 6.07) is 7.87. The summed E-state index contributed by atoms with van der Waals surface area (Å²) in [5, 5.41) is 3.42. The monoisotopic (exact) mass is 298 g/mol. The molecule has 1 aliphatic carbocycles. The van der Waals surface area contributed by atoms with Crippen LogP contribution in [0.3, 0.4) is 0 Å². The number of methoxy groups -OCH3 is 1. The maximum Gasteiger partial charge on any atom is 0.161 e. The van der Waals surface area contributed by atoms with Crippen LogP contribution in [0.25, 0.3) is 11.4 Å². The van der Waals surface area contributed by atoms with Crippen LogP contribution >= 0.6 is 0 Å². The second-order valence-electron chi connectivity index (χ2n) is 5.47. The van der Waals surface area contributed by atoms with Gasteiger partial charge in [-0.1, -0.05) is 0 Å². The third-order valence-electron chi connectivity index (χ3n) is 3.95. The van der Waals surface area contributed by atoms with Crippen LogP contribution in [0.2, 0.25) is 0 Å². The minimum Gasteiger partial charge on any atom is -0.497 e. The van der Waals surface area contributed by atoms with Crippen molar-refractivity contribution in [1.82, 2.24) is 9.97 Å². The van der Waals surface area contributed by atoms with Gasteiger partial charge in [-0.05, 0) is 56.5 Å². The van der Waals surface area contributed by atoms with Gasteiger partial charge in [0.2, 0.25) is 0 Å². The number of aryl methyl sites for hydroxylation is 1. The van der Waals surface area contributed by atoms with Gasteiger partial charge >= 0.3 is 0 Å². The quantitative estimate of drug-likeness (QED) is 0.801. The van der Waals surface area contributed by atoms with Crippen LogP contribution in [0, 0.1) is 0 Å². The van der Waals surface area contributed by atoms with Crippen molar-refractivity contribution < 1.29 is 4.74 Å². The van der Waals surface area contributed by atoms with Crippen LogP contribution in [0.1, 0.15) is 24.1 Å². The van der Waals surface area contributed by atoms with Crippen LogP contribution in [-0.4, -0.2) is 30.2 Å². The molecule has 0 bridgehead atoms. The van der Waals surface area contributed by atoms with Crippen molar-refractivity contribution in [2.75, 3.05) is 25.5 Å². The third-order valence-corrected chi connectivity index (χ3v) is 3.95. The first-order valence-corrected chi connectivity index (χ1v) is 7.80. The summed E-state index contributed by atoms with van der Waals surface area (Å²) in [6.07, 6.45) is 4.19. The third kappa shape index (κ3) is 3.04. The number of hydrogen-bond donors (Lipinski definition) is 2. The van der Waals surface area contributed by atoms with E-state index >= 15 is 0 Å². The highest BCUT2D eigenvalue weighted by atomic mass is 16.5. The van der Waals surface area contributed by atoms with E-state index in [1.165, 1.54) is 11.3 Å². The van der Waals surface area contributed by atoms with Crippen molar-refractivity contribution >= 4 is 5.82 Å². The van der Waals surface area contributed by atoms with Crippen molar-refractivity contribution in [3.05, 3.63) is 35.5 Å². The number of aromatic nitrogens is 2. The molecule has 116 valence electrons. The zero-order chi connectivity index (χ0) is 15.4. The molecule has 0 atom stereocenters. The highest BCUT2D eigenvalue weighted by molar-refractivity contribution is 5.61. The van der Waals surface area contributed by atoms with E-state index < -0.39 is 0 Å². The van der Waals surface area contributed by atoms with Gasteiger partial charge in [0.1, 0.15) is 11.6 Å². The molecule has 5 nitrogen and oxygen atoms in total. The molecule has 0 aliphatic heterocycles. The Balaban J connectivity index is 1.92. The van der Waals surface area contributed by atoms with Gasteiger partial charge in [0.25, 0.3) is 0 Å². The Hall–Kier alpha value is -2.14. The topological polar surface area (TPSA) is 73.1 Å². The lowest BCUT2D eigenvalue weighted by molar-refractivity contribution is 0.415. The number of hydrogen-bond acceptors (Lipinski definition) is 5. The fourth-order valence-electron chi connectivity index (χ4n) is 2.76. The maximum atomic E-state index is 5.57. The number of nitrogens with two attached hydrogens (primary N) is 1. The molecule has 0 amide bonds. The highest BCUT2D eigenvalue weighted by Crippen LogP contribution is 2.29. The predicted molar refractivity (Wildman–Crippen MR) is 88.2 cm³/mol. The molecule has 3 N–H and O–H groups in total. The lowest BCUT2D eigenvalue weighted by atomic mass is 10.1. The summed E-state index contributed by atoms with van der Waals surface area (Å²) < 4.78 is 5.20. The van der Waals surface area contributed by atoms with E-state index in [0.29, 0.717) is 6.54 Å². The predicted octanol–water partition coefficient (Wildman–Crippen LogP) is 2.40. The Morgan fingerprint density at radius 1 is 1.18 bits per heavy atom. The largest absolute Gasteiger partial charge is 0.497 e. The van der Waals surface area contributed by atoms with Crippen molar-refractivity contribution in [2.45, 2.75) is 25.7 Å². The Bertz CT molecular complexity index is 640. The normalized spacial score (nSPS) is 13.0. The van der Waals surface area contributed by atoms with Gasteiger partial charge in [0.15, 0.2) is 5.82 Å². The molecule has 0 fully saturated rings. The number of benzene rings is 1. The van der Waals surface area contributed by atoms with Crippen LogP contribution in [0.4, 0.5) is 5.82 Å². The number of anilines is 1. The van der Waals surface area contributed by atoms with Crippen molar-refractivity contribution in [1.29, 1.82) is 0 Å². The number of ether oxygens (including phenoxy) is 1.